The van der Waals surface area contributed by atoms with Gasteiger partial charge >= 0.3 is 5.69 Å². The highest BCUT2D eigenvalue weighted by Crippen LogP contribution is 2.22. The molecule has 8 heteroatoms. The van der Waals surface area contributed by atoms with Crippen molar-refractivity contribution in [2.45, 2.75) is 26.8 Å². The van der Waals surface area contributed by atoms with E-state index in [1.807, 2.05) is 6.92 Å². The number of carbonyl (C=O) groups excluding carboxylic acids is 1. The molecule has 1 aromatic heterocycles. The first-order valence-electron chi connectivity index (χ1n) is 6.29. The van der Waals surface area contributed by atoms with E-state index in [1.165, 1.54) is 21.8 Å². The molecule has 2 aliphatic rings. The number of fused-ring (bicyclic) bond motifs is 3. The highest BCUT2D eigenvalue weighted by molar-refractivity contribution is 5.92. The summed E-state index contributed by atoms with van der Waals surface area (Å²) in [4.78, 5) is 40.0. The van der Waals surface area contributed by atoms with Gasteiger partial charge in [-0.3, -0.25) is 13.9 Å². The standard InChI is InChI=1S/C12H12N6O2/c1-3-7(19)18-6-15-8-9-11(14-5-13-10(8)18)17(4-2)12(20)16-9/h5-6H,3-4H2,1-2H3. The third kappa shape index (κ3) is 1.61. The molecule has 0 saturated heterocycles. The topological polar surface area (TPSA) is 95.6 Å². The van der Waals surface area contributed by atoms with Crippen molar-refractivity contribution in [3.63, 3.8) is 0 Å². The second-order valence-corrected chi connectivity index (χ2v) is 4.22. The molecule has 102 valence electrons. The number of hydrogen-bond acceptors (Lipinski definition) is 6. The van der Waals surface area contributed by atoms with Gasteiger partial charge in [0.15, 0.2) is 11.5 Å². The van der Waals surface area contributed by atoms with E-state index in [0.717, 1.165) is 0 Å². The second-order valence-electron chi connectivity index (χ2n) is 4.22. The zero-order valence-electron chi connectivity index (χ0n) is 11.1. The summed E-state index contributed by atoms with van der Waals surface area (Å²) in [5, 5.41) is 0. The quantitative estimate of drug-likeness (QED) is 0.676. The van der Waals surface area contributed by atoms with Crippen molar-refractivity contribution < 1.29 is 4.79 Å². The Hall–Kier alpha value is -2.64. The fourth-order valence-electron chi connectivity index (χ4n) is 2.12. The monoisotopic (exact) mass is 272 g/mol. The van der Waals surface area contributed by atoms with E-state index in [4.69, 9.17) is 0 Å². The van der Waals surface area contributed by atoms with Gasteiger partial charge in [0, 0.05) is 13.0 Å². The lowest BCUT2D eigenvalue weighted by atomic mass is 10.3. The minimum Gasteiger partial charge on any atom is -0.275 e. The number of aromatic nitrogens is 6. The summed E-state index contributed by atoms with van der Waals surface area (Å²) >= 11 is 0. The summed E-state index contributed by atoms with van der Waals surface area (Å²) in [7, 11) is 0. The Balaban J connectivity index is 2.39. The van der Waals surface area contributed by atoms with Crippen LogP contribution in [0.2, 0.25) is 0 Å². The number of imidazole rings is 2. The van der Waals surface area contributed by atoms with Crippen LogP contribution in [0, 0.1) is 0 Å². The van der Waals surface area contributed by atoms with Gasteiger partial charge in [-0.1, -0.05) is 6.92 Å². The Labute approximate surface area is 113 Å². The number of nitrogens with zero attached hydrogens (tertiary/aromatic N) is 6. The number of carbonyl (C=O) groups is 1. The molecule has 0 spiro atoms. The van der Waals surface area contributed by atoms with E-state index >= 15 is 0 Å². The molecule has 8 nitrogen and oxygen atoms in total. The summed E-state index contributed by atoms with van der Waals surface area (Å²) in [5.41, 5.74) is 0.759. The number of rotatable bonds is 2. The SMILES string of the molecule is CCC(=O)n1cnc2c3nc(=O)n(CC)c-3ncnc21. The molecule has 0 bridgehead atoms. The van der Waals surface area contributed by atoms with Crippen molar-refractivity contribution >= 4 is 17.1 Å². The minimum atomic E-state index is -0.376. The molecule has 0 unspecified atom stereocenters. The first kappa shape index (κ1) is 12.4. The van der Waals surface area contributed by atoms with Crippen molar-refractivity contribution in [2.75, 3.05) is 0 Å². The van der Waals surface area contributed by atoms with Gasteiger partial charge < -0.3 is 0 Å². The van der Waals surface area contributed by atoms with Gasteiger partial charge in [-0.2, -0.15) is 4.98 Å². The van der Waals surface area contributed by atoms with E-state index in [-0.39, 0.29) is 11.6 Å². The summed E-state index contributed by atoms with van der Waals surface area (Å²) in [6.45, 7) is 4.05. The largest absolute Gasteiger partial charge is 0.349 e. The third-order valence-corrected chi connectivity index (χ3v) is 3.12. The second kappa shape index (κ2) is 4.48. The summed E-state index contributed by atoms with van der Waals surface area (Å²) < 4.78 is 2.79. The van der Waals surface area contributed by atoms with Crippen molar-refractivity contribution in [2.24, 2.45) is 0 Å². The van der Waals surface area contributed by atoms with E-state index in [9.17, 15) is 9.59 Å². The predicted octanol–water partition coefficient (Wildman–Crippen LogP) is 0.558. The van der Waals surface area contributed by atoms with Gasteiger partial charge in [0.2, 0.25) is 5.91 Å². The molecule has 2 aliphatic heterocycles. The van der Waals surface area contributed by atoms with Crippen LogP contribution >= 0.6 is 0 Å². The fraction of sp³-hybridized carbons (Fsp3) is 0.333. The Bertz CT molecular complexity index is 834. The summed E-state index contributed by atoms with van der Waals surface area (Å²) in [6, 6.07) is 0. The maximum Gasteiger partial charge on any atom is 0.349 e. The normalized spacial score (nSPS) is 11.3. The molecule has 3 heterocycles. The molecule has 0 atom stereocenters. The van der Waals surface area contributed by atoms with Crippen molar-refractivity contribution in [1.82, 2.24) is 29.1 Å². The van der Waals surface area contributed by atoms with Gasteiger partial charge in [-0.25, -0.2) is 19.7 Å². The number of hydrogen-bond donors (Lipinski definition) is 0. The van der Waals surface area contributed by atoms with Crippen LogP contribution < -0.4 is 5.69 Å². The van der Waals surface area contributed by atoms with Crippen LogP contribution in [0.5, 0.6) is 0 Å². The zero-order chi connectivity index (χ0) is 14.3. The lowest BCUT2D eigenvalue weighted by molar-refractivity contribution is 0.0913. The van der Waals surface area contributed by atoms with Gasteiger partial charge in [0.05, 0.1) is 0 Å². The lowest BCUT2D eigenvalue weighted by Gasteiger charge is -1.96. The molecule has 0 radical (unpaired) electrons. The molecule has 0 saturated carbocycles. The summed E-state index contributed by atoms with van der Waals surface area (Å²) in [5.74, 6) is 0.297. The van der Waals surface area contributed by atoms with E-state index in [1.54, 1.807) is 6.92 Å². The highest BCUT2D eigenvalue weighted by atomic mass is 16.2. The average Bonchev–Trinajstić information content (AvgIpc) is 2.95. The van der Waals surface area contributed by atoms with Gasteiger partial charge in [-0.15, -0.1) is 0 Å². The molecule has 3 rings (SSSR count). The van der Waals surface area contributed by atoms with Gasteiger partial charge in [-0.05, 0) is 6.92 Å². The van der Waals surface area contributed by atoms with E-state index in [0.29, 0.717) is 35.6 Å². The highest BCUT2D eigenvalue weighted by Gasteiger charge is 2.21. The molecular formula is C12H12N6O2. The van der Waals surface area contributed by atoms with Crippen LogP contribution in [0.3, 0.4) is 0 Å². The Morgan fingerprint density at radius 3 is 2.75 bits per heavy atom. The van der Waals surface area contributed by atoms with Crippen LogP contribution in [0.4, 0.5) is 0 Å². The van der Waals surface area contributed by atoms with E-state index in [2.05, 4.69) is 19.9 Å². The fourth-order valence-corrected chi connectivity index (χ4v) is 2.12. The molecular weight excluding hydrogens is 260 g/mol. The zero-order valence-corrected chi connectivity index (χ0v) is 11.1. The van der Waals surface area contributed by atoms with Crippen LogP contribution in [0.1, 0.15) is 25.1 Å². The van der Waals surface area contributed by atoms with Crippen LogP contribution in [-0.2, 0) is 6.54 Å². The predicted molar refractivity (Wildman–Crippen MR) is 70.6 cm³/mol. The van der Waals surface area contributed by atoms with Crippen LogP contribution in [0.25, 0.3) is 22.7 Å². The van der Waals surface area contributed by atoms with Gasteiger partial charge in [0.1, 0.15) is 23.9 Å². The Morgan fingerprint density at radius 2 is 2.05 bits per heavy atom. The Kier molecular flexibility index (Phi) is 2.78. The third-order valence-electron chi connectivity index (χ3n) is 3.12. The molecule has 0 fully saturated rings. The molecule has 0 amide bonds. The average molecular weight is 272 g/mol. The van der Waals surface area contributed by atoms with Crippen molar-refractivity contribution in [1.29, 1.82) is 0 Å². The van der Waals surface area contributed by atoms with Crippen LogP contribution in [-0.4, -0.2) is 35.0 Å². The molecule has 20 heavy (non-hydrogen) atoms. The molecule has 0 aromatic carbocycles. The molecule has 1 aromatic rings. The maximum atomic E-state index is 11.8. The maximum absolute atomic E-state index is 11.8. The van der Waals surface area contributed by atoms with Crippen molar-refractivity contribution in [3.05, 3.63) is 23.1 Å². The van der Waals surface area contributed by atoms with Crippen LogP contribution in [0.15, 0.2) is 17.4 Å². The van der Waals surface area contributed by atoms with Gasteiger partial charge in [0.25, 0.3) is 0 Å². The van der Waals surface area contributed by atoms with E-state index < -0.39 is 0 Å². The first-order valence-corrected chi connectivity index (χ1v) is 6.29. The molecule has 0 aliphatic carbocycles. The first-order chi connectivity index (χ1) is 9.67. The van der Waals surface area contributed by atoms with Crippen molar-refractivity contribution in [3.8, 4) is 11.5 Å². The Morgan fingerprint density at radius 1 is 1.25 bits per heavy atom. The smallest absolute Gasteiger partial charge is 0.275 e. The minimum absolute atomic E-state index is 0.128. The summed E-state index contributed by atoms with van der Waals surface area (Å²) in [6.07, 6.45) is 3.05. The lowest BCUT2D eigenvalue weighted by Crippen LogP contribution is -2.15. The molecule has 0 N–H and O–H groups in total.